The fourth-order valence-electron chi connectivity index (χ4n) is 4.32. The minimum absolute atomic E-state index is 0.187. The molecule has 1 aliphatic heterocycles. The number of hydrogen-bond donors (Lipinski definition) is 1. The van der Waals surface area contributed by atoms with Crippen molar-refractivity contribution < 1.29 is 24.2 Å². The molecule has 1 saturated heterocycles. The zero-order chi connectivity index (χ0) is 20.3. The Hall–Kier alpha value is -2.34. The maximum Gasteiger partial charge on any atom is 0.318 e. The molecule has 0 radical (unpaired) electrons. The minimum atomic E-state index is -1.19. The number of ether oxygens (including phenoxy) is 1. The molecule has 1 fully saturated rings. The first-order valence-corrected chi connectivity index (χ1v) is 9.93. The largest absolute Gasteiger partial charge is 0.481 e. The summed E-state index contributed by atoms with van der Waals surface area (Å²) < 4.78 is 5.30. The number of carbonyl (C=O) groups is 3. The number of esters is 1. The van der Waals surface area contributed by atoms with E-state index in [1.807, 2.05) is 18.2 Å². The summed E-state index contributed by atoms with van der Waals surface area (Å²) in [6.07, 6.45) is 4.00. The second-order valence-electron chi connectivity index (χ2n) is 7.19. The molecular formula is C21H24ClNO5. The lowest BCUT2D eigenvalue weighted by Gasteiger charge is -2.35. The second-order valence-corrected chi connectivity index (χ2v) is 7.63. The number of amides is 1. The zero-order valence-corrected chi connectivity index (χ0v) is 16.6. The van der Waals surface area contributed by atoms with Gasteiger partial charge in [-0.3, -0.25) is 14.4 Å². The van der Waals surface area contributed by atoms with Gasteiger partial charge in [0.15, 0.2) is 0 Å². The monoisotopic (exact) mass is 405 g/mol. The quantitative estimate of drug-likeness (QED) is 0.702. The van der Waals surface area contributed by atoms with Gasteiger partial charge in [-0.1, -0.05) is 29.8 Å². The number of nitrogens with zero attached hydrogens (tertiary/aromatic N) is 1. The van der Waals surface area contributed by atoms with Crippen molar-refractivity contribution >= 4 is 29.4 Å². The summed E-state index contributed by atoms with van der Waals surface area (Å²) in [5, 5.41) is 10.0. The van der Waals surface area contributed by atoms with Gasteiger partial charge in [0, 0.05) is 17.3 Å². The number of rotatable bonds is 7. The van der Waals surface area contributed by atoms with Crippen molar-refractivity contribution in [1.29, 1.82) is 0 Å². The Morgan fingerprint density at radius 2 is 2.04 bits per heavy atom. The molecule has 7 heteroatoms. The first-order valence-electron chi connectivity index (χ1n) is 9.55. The molecule has 1 amide bonds. The Bertz CT molecular complexity index is 804. The molecule has 2 atom stereocenters. The molecule has 150 valence electrons. The zero-order valence-electron chi connectivity index (χ0n) is 15.8. The summed E-state index contributed by atoms with van der Waals surface area (Å²) in [5.74, 6) is -2.82. The summed E-state index contributed by atoms with van der Waals surface area (Å²) in [7, 11) is 0. The molecule has 0 saturated carbocycles. The van der Waals surface area contributed by atoms with E-state index in [2.05, 4.69) is 0 Å². The number of hydrogen-bond acceptors (Lipinski definition) is 4. The molecule has 1 heterocycles. The van der Waals surface area contributed by atoms with Crippen molar-refractivity contribution in [3.05, 3.63) is 46.6 Å². The predicted molar refractivity (Wildman–Crippen MR) is 104 cm³/mol. The third kappa shape index (κ3) is 3.65. The second kappa shape index (κ2) is 8.35. The smallest absolute Gasteiger partial charge is 0.318 e. The van der Waals surface area contributed by atoms with Gasteiger partial charge in [-0.25, -0.2) is 0 Å². The molecule has 0 bridgehead atoms. The van der Waals surface area contributed by atoms with Crippen LogP contribution in [-0.2, 0) is 25.5 Å². The van der Waals surface area contributed by atoms with E-state index < -0.39 is 23.3 Å². The first kappa shape index (κ1) is 20.4. The van der Waals surface area contributed by atoms with E-state index >= 15 is 0 Å². The van der Waals surface area contributed by atoms with Crippen LogP contribution in [0.2, 0.25) is 5.02 Å². The number of fused-ring (bicyclic) bond motifs is 1. The number of allylic oxidation sites excluding steroid dienone is 1. The van der Waals surface area contributed by atoms with Gasteiger partial charge >= 0.3 is 11.9 Å². The number of carboxylic acids is 1. The molecule has 0 spiro atoms. The van der Waals surface area contributed by atoms with Crippen LogP contribution in [-0.4, -0.2) is 41.0 Å². The van der Waals surface area contributed by atoms with E-state index in [1.54, 1.807) is 24.0 Å². The average Bonchev–Trinajstić information content (AvgIpc) is 2.90. The number of likely N-dealkylation sites (tertiary alicyclic amines) is 1. The fourth-order valence-corrected chi connectivity index (χ4v) is 4.44. The minimum Gasteiger partial charge on any atom is -0.481 e. The molecular weight excluding hydrogens is 382 g/mol. The van der Waals surface area contributed by atoms with E-state index in [0.717, 1.165) is 18.4 Å². The van der Waals surface area contributed by atoms with Gasteiger partial charge in [-0.05, 0) is 50.3 Å². The summed E-state index contributed by atoms with van der Waals surface area (Å²) in [6.45, 7) is 2.28. The molecule has 1 aromatic carbocycles. The highest BCUT2D eigenvalue weighted by Gasteiger charge is 2.62. The van der Waals surface area contributed by atoms with Gasteiger partial charge in [-0.15, -0.1) is 0 Å². The average molecular weight is 406 g/mol. The van der Waals surface area contributed by atoms with E-state index in [0.29, 0.717) is 30.1 Å². The lowest BCUT2D eigenvalue weighted by atomic mass is 9.68. The van der Waals surface area contributed by atoms with Crippen molar-refractivity contribution in [2.75, 3.05) is 13.2 Å². The number of halogens is 1. The topological polar surface area (TPSA) is 83.9 Å². The molecule has 0 aromatic heterocycles. The van der Waals surface area contributed by atoms with E-state index in [9.17, 15) is 19.5 Å². The number of carbonyl (C=O) groups excluding carboxylic acids is 2. The maximum absolute atomic E-state index is 13.2. The Labute approximate surface area is 169 Å². The van der Waals surface area contributed by atoms with Crippen molar-refractivity contribution in [2.45, 2.75) is 39.0 Å². The van der Waals surface area contributed by atoms with Gasteiger partial charge in [-0.2, -0.15) is 0 Å². The molecule has 1 aliphatic carbocycles. The number of aliphatic carboxylic acids is 1. The first-order chi connectivity index (χ1) is 13.4. The molecule has 2 aliphatic rings. The van der Waals surface area contributed by atoms with Crippen LogP contribution >= 0.6 is 11.6 Å². The molecule has 1 aromatic rings. The Kier molecular flexibility index (Phi) is 6.08. The van der Waals surface area contributed by atoms with Crippen LogP contribution in [0, 0.1) is 11.3 Å². The van der Waals surface area contributed by atoms with Crippen LogP contribution in [0.15, 0.2) is 36.0 Å². The highest BCUT2D eigenvalue weighted by molar-refractivity contribution is 6.30. The van der Waals surface area contributed by atoms with Crippen molar-refractivity contribution in [3.8, 4) is 0 Å². The highest BCUT2D eigenvalue weighted by atomic mass is 35.5. The maximum atomic E-state index is 13.2. The van der Waals surface area contributed by atoms with Gasteiger partial charge in [0.1, 0.15) is 5.41 Å². The fraction of sp³-hybridized carbons (Fsp3) is 0.476. The molecule has 1 N–H and O–H groups in total. The molecule has 28 heavy (non-hydrogen) atoms. The van der Waals surface area contributed by atoms with Crippen LogP contribution in [0.25, 0.3) is 0 Å². The van der Waals surface area contributed by atoms with Crippen molar-refractivity contribution in [3.63, 3.8) is 0 Å². The molecule has 6 nitrogen and oxygen atoms in total. The summed E-state index contributed by atoms with van der Waals surface area (Å²) >= 11 is 5.92. The number of benzene rings is 1. The van der Waals surface area contributed by atoms with Crippen molar-refractivity contribution in [1.82, 2.24) is 4.90 Å². The van der Waals surface area contributed by atoms with Gasteiger partial charge in [0.25, 0.3) is 0 Å². The summed E-state index contributed by atoms with van der Waals surface area (Å²) in [6, 6.07) is 7.37. The Balaban J connectivity index is 1.93. The third-order valence-electron chi connectivity index (χ3n) is 5.58. The Morgan fingerprint density at radius 3 is 2.68 bits per heavy atom. The van der Waals surface area contributed by atoms with Crippen molar-refractivity contribution in [2.24, 2.45) is 11.3 Å². The predicted octanol–water partition coefficient (Wildman–Crippen LogP) is 3.43. The normalized spacial score (nSPS) is 23.9. The SMILES string of the molecule is CCOC(=O)[C@]12CCCC=C1N(CCc1ccc(Cl)cc1)C(=O)[C@@H]2CC(=O)O. The van der Waals surface area contributed by atoms with Crippen LogP contribution in [0.1, 0.15) is 38.2 Å². The third-order valence-corrected chi connectivity index (χ3v) is 5.83. The van der Waals surface area contributed by atoms with Crippen LogP contribution in [0.4, 0.5) is 0 Å². The van der Waals surface area contributed by atoms with E-state index in [-0.39, 0.29) is 18.9 Å². The van der Waals surface area contributed by atoms with Gasteiger partial charge in [0.05, 0.1) is 18.9 Å². The number of carboxylic acid groups (broad SMARTS) is 1. The van der Waals surface area contributed by atoms with Crippen LogP contribution < -0.4 is 0 Å². The van der Waals surface area contributed by atoms with Crippen LogP contribution in [0.3, 0.4) is 0 Å². The van der Waals surface area contributed by atoms with E-state index in [1.165, 1.54) is 0 Å². The Morgan fingerprint density at radius 1 is 1.32 bits per heavy atom. The highest BCUT2D eigenvalue weighted by Crippen LogP contribution is 2.53. The summed E-state index contributed by atoms with van der Waals surface area (Å²) in [4.78, 5) is 39.2. The lowest BCUT2D eigenvalue weighted by molar-refractivity contribution is -0.159. The van der Waals surface area contributed by atoms with E-state index in [4.69, 9.17) is 16.3 Å². The standard InChI is InChI=1S/C21H24ClNO5/c1-2-28-20(27)21-11-4-3-5-17(21)23(19(26)16(21)13-18(24)25)12-10-14-6-8-15(22)9-7-14/h5-9,16H,2-4,10-13H2,1H3,(H,24,25)/t16-,21-/m0/s1. The lowest BCUT2D eigenvalue weighted by Crippen LogP contribution is -2.41. The van der Waals surface area contributed by atoms with Gasteiger partial charge < -0.3 is 14.7 Å². The van der Waals surface area contributed by atoms with Crippen LogP contribution in [0.5, 0.6) is 0 Å². The molecule has 0 unspecified atom stereocenters. The molecule has 3 rings (SSSR count). The summed E-state index contributed by atoms with van der Waals surface area (Å²) in [5.41, 5.74) is 0.434. The van der Waals surface area contributed by atoms with Gasteiger partial charge in [0.2, 0.25) is 5.91 Å².